The number of nitrogens with one attached hydrogen (secondary N) is 2. The number of carbonyl (C=O) groups is 1. The zero-order valence-electron chi connectivity index (χ0n) is 18.0. The molecule has 0 saturated carbocycles. The Kier molecular flexibility index (Phi) is 7.15. The third-order valence-corrected chi connectivity index (χ3v) is 7.57. The maximum atomic E-state index is 13.1. The minimum absolute atomic E-state index is 0.112. The number of amides is 1. The summed E-state index contributed by atoms with van der Waals surface area (Å²) in [4.78, 5) is 14.5. The Bertz CT molecular complexity index is 965. The monoisotopic (exact) mass is 430 g/mol. The van der Waals surface area contributed by atoms with Gasteiger partial charge in [0.15, 0.2) is 0 Å². The van der Waals surface area contributed by atoms with Gasteiger partial charge in [-0.3, -0.25) is 9.10 Å². The van der Waals surface area contributed by atoms with E-state index in [2.05, 4.69) is 12.2 Å². The molecule has 1 fully saturated rings. The average Bonchev–Trinajstić information content (AvgIpc) is 2.75. The molecule has 0 aromatic heterocycles. The molecule has 0 unspecified atom stereocenters. The Hall–Kier alpha value is -2.38. The van der Waals surface area contributed by atoms with E-state index in [1.54, 1.807) is 29.2 Å². The van der Waals surface area contributed by atoms with Crippen LogP contribution >= 0.6 is 0 Å². The molecule has 30 heavy (non-hydrogen) atoms. The Morgan fingerprint density at radius 3 is 2.43 bits per heavy atom. The first-order valence-electron chi connectivity index (χ1n) is 10.6. The Morgan fingerprint density at radius 1 is 1.13 bits per heavy atom. The number of rotatable bonds is 7. The number of anilines is 1. The lowest BCUT2D eigenvalue weighted by Gasteiger charge is -2.29. The van der Waals surface area contributed by atoms with E-state index in [1.165, 1.54) is 36.5 Å². The molecule has 0 aliphatic carbocycles. The number of benzene rings is 2. The number of nitrogens with zero attached hydrogens (tertiary/aromatic N) is 1. The van der Waals surface area contributed by atoms with Gasteiger partial charge in [-0.05, 0) is 43.7 Å². The Labute approximate surface area is 179 Å². The Morgan fingerprint density at radius 2 is 1.80 bits per heavy atom. The van der Waals surface area contributed by atoms with Crippen LogP contribution in [0.1, 0.15) is 42.1 Å². The van der Waals surface area contributed by atoms with E-state index in [-0.39, 0.29) is 16.8 Å². The summed E-state index contributed by atoms with van der Waals surface area (Å²) in [5.74, 6) is -0.214. The highest BCUT2D eigenvalue weighted by molar-refractivity contribution is 7.92. The molecule has 6 nitrogen and oxygen atoms in total. The first-order valence-corrected chi connectivity index (χ1v) is 12.1. The van der Waals surface area contributed by atoms with Crippen molar-refractivity contribution in [1.82, 2.24) is 5.32 Å². The lowest BCUT2D eigenvalue weighted by atomic mass is 10.0. The number of sulfonamides is 1. The number of quaternary nitrogens is 1. The van der Waals surface area contributed by atoms with Crippen LogP contribution in [-0.2, 0) is 10.0 Å². The zero-order chi connectivity index (χ0) is 21.7. The number of carbonyl (C=O) groups excluding carboxylic acids is 1. The lowest BCUT2D eigenvalue weighted by Crippen LogP contribution is -3.13. The van der Waals surface area contributed by atoms with E-state index < -0.39 is 10.0 Å². The summed E-state index contributed by atoms with van der Waals surface area (Å²) in [5, 5.41) is 3.08. The third-order valence-electron chi connectivity index (χ3n) is 5.78. The topological polar surface area (TPSA) is 70.9 Å². The van der Waals surface area contributed by atoms with Crippen molar-refractivity contribution in [3.05, 3.63) is 59.7 Å². The van der Waals surface area contributed by atoms with Crippen molar-refractivity contribution in [3.8, 4) is 0 Å². The van der Waals surface area contributed by atoms with E-state index in [4.69, 9.17) is 0 Å². The standard InChI is InChI=1S/C23H31N3O3S/c1-4-14-26-15-12-20(13-16-26)24-23(27)19-6-5-7-22(17-19)30(28,29)25(3)21-10-8-18(2)9-11-21/h5-11,17,20H,4,12-16H2,1-3H3,(H,24,27)/p+1. The molecule has 1 saturated heterocycles. The summed E-state index contributed by atoms with van der Waals surface area (Å²) >= 11 is 0. The fourth-order valence-electron chi connectivity index (χ4n) is 3.89. The summed E-state index contributed by atoms with van der Waals surface area (Å²) in [6.07, 6.45) is 3.08. The lowest BCUT2D eigenvalue weighted by molar-refractivity contribution is -0.905. The molecule has 0 spiro atoms. The first kappa shape index (κ1) is 22.3. The minimum atomic E-state index is -3.76. The summed E-state index contributed by atoms with van der Waals surface area (Å²) in [7, 11) is -2.23. The predicted octanol–water partition coefficient (Wildman–Crippen LogP) is 2.01. The largest absolute Gasteiger partial charge is 0.349 e. The van der Waals surface area contributed by atoms with Gasteiger partial charge >= 0.3 is 0 Å². The van der Waals surface area contributed by atoms with E-state index in [0.717, 1.165) is 31.5 Å². The molecule has 0 radical (unpaired) electrons. The van der Waals surface area contributed by atoms with Crippen molar-refractivity contribution in [1.29, 1.82) is 0 Å². The summed E-state index contributed by atoms with van der Waals surface area (Å²) in [6.45, 7) is 7.45. The SMILES string of the molecule is CCC[NH+]1CCC(NC(=O)c2cccc(S(=O)(=O)N(C)c3ccc(C)cc3)c2)CC1. The van der Waals surface area contributed by atoms with Gasteiger partial charge in [-0.2, -0.15) is 0 Å². The number of aryl methyl sites for hydroxylation is 1. The van der Waals surface area contributed by atoms with Crippen molar-refractivity contribution < 1.29 is 18.1 Å². The van der Waals surface area contributed by atoms with Gasteiger partial charge in [-0.1, -0.05) is 30.7 Å². The molecular formula is C23H32N3O3S+. The molecule has 1 heterocycles. The second-order valence-electron chi connectivity index (χ2n) is 8.08. The molecule has 1 aliphatic heterocycles. The van der Waals surface area contributed by atoms with Crippen LogP contribution in [0.25, 0.3) is 0 Å². The van der Waals surface area contributed by atoms with Crippen LogP contribution in [0.15, 0.2) is 53.4 Å². The second kappa shape index (κ2) is 9.62. The maximum Gasteiger partial charge on any atom is 0.264 e. The van der Waals surface area contributed by atoms with Gasteiger partial charge < -0.3 is 10.2 Å². The molecule has 3 rings (SSSR count). The van der Waals surface area contributed by atoms with Crippen LogP contribution < -0.4 is 14.5 Å². The van der Waals surface area contributed by atoms with Crippen molar-refractivity contribution in [2.75, 3.05) is 31.0 Å². The molecule has 2 aromatic rings. The minimum Gasteiger partial charge on any atom is -0.349 e. The molecule has 162 valence electrons. The number of hydrogen-bond donors (Lipinski definition) is 2. The zero-order valence-corrected chi connectivity index (χ0v) is 18.8. The van der Waals surface area contributed by atoms with Gasteiger partial charge in [0.05, 0.1) is 30.2 Å². The van der Waals surface area contributed by atoms with Crippen LogP contribution in [0.4, 0.5) is 5.69 Å². The molecular weight excluding hydrogens is 398 g/mol. The number of hydrogen-bond acceptors (Lipinski definition) is 3. The van der Waals surface area contributed by atoms with Gasteiger partial charge in [-0.15, -0.1) is 0 Å². The fourth-order valence-corrected chi connectivity index (χ4v) is 5.13. The second-order valence-corrected chi connectivity index (χ2v) is 10.1. The molecule has 2 N–H and O–H groups in total. The van der Waals surface area contributed by atoms with Gasteiger partial charge in [0.1, 0.15) is 0 Å². The van der Waals surface area contributed by atoms with Crippen molar-refractivity contribution in [2.45, 2.75) is 44.0 Å². The van der Waals surface area contributed by atoms with E-state index in [0.29, 0.717) is 11.3 Å². The first-order chi connectivity index (χ1) is 14.3. The highest BCUT2D eigenvalue weighted by Crippen LogP contribution is 2.23. The smallest absolute Gasteiger partial charge is 0.264 e. The molecule has 2 aromatic carbocycles. The van der Waals surface area contributed by atoms with E-state index >= 15 is 0 Å². The fraction of sp³-hybridized carbons (Fsp3) is 0.435. The number of likely N-dealkylation sites (tertiary alicyclic amines) is 1. The third kappa shape index (κ3) is 5.21. The summed E-state index contributed by atoms with van der Waals surface area (Å²) < 4.78 is 27.4. The van der Waals surface area contributed by atoms with Crippen molar-refractivity contribution in [3.63, 3.8) is 0 Å². The van der Waals surface area contributed by atoms with Crippen LogP contribution in [-0.4, -0.2) is 47.0 Å². The molecule has 7 heteroatoms. The van der Waals surface area contributed by atoms with Crippen LogP contribution in [0.3, 0.4) is 0 Å². The van der Waals surface area contributed by atoms with Crippen LogP contribution in [0.5, 0.6) is 0 Å². The normalized spacial score (nSPS) is 19.3. The molecule has 0 bridgehead atoms. The quantitative estimate of drug-likeness (QED) is 0.706. The maximum absolute atomic E-state index is 13.1. The van der Waals surface area contributed by atoms with Crippen molar-refractivity contribution >= 4 is 21.6 Å². The van der Waals surface area contributed by atoms with Gasteiger partial charge in [0.2, 0.25) is 0 Å². The Balaban J connectivity index is 1.70. The highest BCUT2D eigenvalue weighted by atomic mass is 32.2. The van der Waals surface area contributed by atoms with Gasteiger partial charge in [-0.25, -0.2) is 8.42 Å². The van der Waals surface area contributed by atoms with Crippen molar-refractivity contribution in [2.24, 2.45) is 0 Å². The van der Waals surface area contributed by atoms with Gasteiger partial charge in [0.25, 0.3) is 15.9 Å². The summed E-state index contributed by atoms with van der Waals surface area (Å²) in [5.41, 5.74) is 2.01. The van der Waals surface area contributed by atoms with Gasteiger partial charge in [0, 0.05) is 31.5 Å². The predicted molar refractivity (Wildman–Crippen MR) is 120 cm³/mol. The summed E-state index contributed by atoms with van der Waals surface area (Å²) in [6, 6.07) is 13.7. The van der Waals surface area contributed by atoms with Crippen LogP contribution in [0, 0.1) is 6.92 Å². The average molecular weight is 431 g/mol. The number of piperidine rings is 1. The molecule has 1 aliphatic rings. The molecule has 0 atom stereocenters. The highest BCUT2D eigenvalue weighted by Gasteiger charge is 2.25. The van der Waals surface area contributed by atoms with E-state index in [1.807, 2.05) is 19.1 Å². The van der Waals surface area contributed by atoms with E-state index in [9.17, 15) is 13.2 Å². The molecule has 1 amide bonds. The van der Waals surface area contributed by atoms with Crippen LogP contribution in [0.2, 0.25) is 0 Å².